The number of halogens is 1. The van der Waals surface area contributed by atoms with Crippen molar-refractivity contribution in [1.29, 1.82) is 5.26 Å². The van der Waals surface area contributed by atoms with E-state index in [1.807, 2.05) is 0 Å². The first-order valence-electron chi connectivity index (χ1n) is 10.5. The Balaban J connectivity index is 1.43. The molecule has 2 N–H and O–H groups in total. The summed E-state index contributed by atoms with van der Waals surface area (Å²) in [5, 5.41) is 13.0. The predicted molar refractivity (Wildman–Crippen MR) is 115 cm³/mol. The van der Waals surface area contributed by atoms with Crippen LogP contribution in [0, 0.1) is 34.4 Å². The summed E-state index contributed by atoms with van der Waals surface area (Å²) in [5.74, 6) is -0.953. The molecule has 2 aromatic heterocycles. The van der Waals surface area contributed by atoms with Gasteiger partial charge in [-0.2, -0.15) is 5.26 Å². The second-order valence-corrected chi connectivity index (χ2v) is 9.10. The molecule has 4 atom stereocenters. The van der Waals surface area contributed by atoms with Crippen LogP contribution in [-0.2, 0) is 4.79 Å². The molecule has 2 fully saturated rings. The van der Waals surface area contributed by atoms with Gasteiger partial charge in [-0.1, -0.05) is 32.0 Å². The van der Waals surface area contributed by atoms with Gasteiger partial charge in [-0.15, -0.1) is 0 Å². The highest BCUT2D eigenvalue weighted by Gasteiger charge is 2.69. The fourth-order valence-corrected chi connectivity index (χ4v) is 5.15. The zero-order chi connectivity index (χ0) is 22.6. The van der Waals surface area contributed by atoms with Gasteiger partial charge in [0.2, 0.25) is 5.91 Å². The molecule has 0 bridgehead atoms. The minimum absolute atomic E-state index is 0.000746. The summed E-state index contributed by atoms with van der Waals surface area (Å²) in [6.45, 7) is 4.62. The number of rotatable bonds is 4. The molecule has 5 rings (SSSR count). The molecule has 0 radical (unpaired) electrons. The van der Waals surface area contributed by atoms with Crippen molar-refractivity contribution in [1.82, 2.24) is 20.2 Å². The number of fused-ring (bicyclic) bond motifs is 2. The third-order valence-electron chi connectivity index (χ3n) is 7.01. The average Bonchev–Trinajstić information content (AvgIpc) is 3.18. The van der Waals surface area contributed by atoms with Crippen LogP contribution >= 0.6 is 0 Å². The predicted octanol–water partition coefficient (Wildman–Crippen LogP) is 3.18. The quantitative estimate of drug-likeness (QED) is 0.662. The number of aromatic amines is 1. The lowest BCUT2D eigenvalue weighted by Crippen LogP contribution is -2.50. The molecule has 3 aromatic rings. The number of carbonyl (C=O) groups excluding carboxylic acids is 2. The highest BCUT2D eigenvalue weighted by molar-refractivity contribution is 6.01. The Hall–Kier alpha value is -3.73. The summed E-state index contributed by atoms with van der Waals surface area (Å²) in [7, 11) is 0. The first-order chi connectivity index (χ1) is 15.3. The molecule has 162 valence electrons. The normalized spacial score (nSPS) is 23.9. The van der Waals surface area contributed by atoms with Crippen molar-refractivity contribution in [2.45, 2.75) is 25.9 Å². The van der Waals surface area contributed by atoms with Crippen molar-refractivity contribution in [2.24, 2.45) is 17.3 Å². The van der Waals surface area contributed by atoms with Crippen LogP contribution in [0.4, 0.5) is 4.39 Å². The number of para-hydroxylation sites is 1. The number of nitriles is 1. The number of pyridine rings is 1. The SMILES string of the molecule is CC1(C)[C@@H]2[C@@H](C(=O)N[C@H](C#N)c3cccnc3)N(C(=O)c3cc4cccc(F)c4[nH]3)C[C@@H]21. The van der Waals surface area contributed by atoms with Gasteiger partial charge in [0.25, 0.3) is 5.91 Å². The summed E-state index contributed by atoms with van der Waals surface area (Å²) in [4.78, 5) is 35.1. The molecule has 1 aliphatic carbocycles. The molecule has 0 spiro atoms. The minimum Gasteiger partial charge on any atom is -0.348 e. The summed E-state index contributed by atoms with van der Waals surface area (Å²) < 4.78 is 14.1. The molecular weight excluding hydrogens is 409 g/mol. The monoisotopic (exact) mass is 431 g/mol. The van der Waals surface area contributed by atoms with E-state index in [0.717, 1.165) is 0 Å². The van der Waals surface area contributed by atoms with Crippen LogP contribution in [0.1, 0.15) is 35.9 Å². The van der Waals surface area contributed by atoms with E-state index >= 15 is 0 Å². The number of likely N-dealkylation sites (tertiary alicyclic amines) is 1. The lowest BCUT2D eigenvalue weighted by molar-refractivity contribution is -0.126. The summed E-state index contributed by atoms with van der Waals surface area (Å²) >= 11 is 0. The lowest BCUT2D eigenvalue weighted by atomic mass is 9.99. The number of carbonyl (C=O) groups is 2. The molecule has 1 aliphatic heterocycles. The van der Waals surface area contributed by atoms with E-state index in [1.165, 1.54) is 12.3 Å². The minimum atomic E-state index is -0.865. The molecule has 7 nitrogen and oxygen atoms in total. The first-order valence-corrected chi connectivity index (χ1v) is 10.5. The Morgan fingerprint density at radius 1 is 1.34 bits per heavy atom. The number of nitrogens with one attached hydrogen (secondary N) is 2. The number of aromatic nitrogens is 2. The van der Waals surface area contributed by atoms with Gasteiger partial charge >= 0.3 is 0 Å². The Labute approximate surface area is 184 Å². The largest absolute Gasteiger partial charge is 0.348 e. The third-order valence-corrected chi connectivity index (χ3v) is 7.01. The van der Waals surface area contributed by atoms with Crippen LogP contribution < -0.4 is 5.32 Å². The second-order valence-electron chi connectivity index (χ2n) is 9.10. The Bertz CT molecular complexity index is 1260. The maximum absolute atomic E-state index is 14.1. The van der Waals surface area contributed by atoms with Crippen molar-refractivity contribution >= 4 is 22.7 Å². The second kappa shape index (κ2) is 7.16. The maximum atomic E-state index is 14.1. The summed E-state index contributed by atoms with van der Waals surface area (Å²) in [6.07, 6.45) is 3.13. The van der Waals surface area contributed by atoms with Crippen molar-refractivity contribution < 1.29 is 14.0 Å². The number of benzene rings is 1. The molecule has 2 amide bonds. The Morgan fingerprint density at radius 2 is 2.16 bits per heavy atom. The molecule has 0 unspecified atom stereocenters. The number of nitrogens with zero attached hydrogens (tertiary/aromatic N) is 3. The van der Waals surface area contributed by atoms with Gasteiger partial charge in [-0.3, -0.25) is 14.6 Å². The van der Waals surface area contributed by atoms with E-state index in [4.69, 9.17) is 0 Å². The fraction of sp³-hybridized carbons (Fsp3) is 0.333. The Kier molecular flexibility index (Phi) is 4.52. The molecule has 1 saturated heterocycles. The van der Waals surface area contributed by atoms with Crippen LogP contribution in [0.25, 0.3) is 10.9 Å². The van der Waals surface area contributed by atoms with Crippen molar-refractivity contribution in [2.75, 3.05) is 6.54 Å². The fourth-order valence-electron chi connectivity index (χ4n) is 5.15. The number of amides is 2. The van der Waals surface area contributed by atoms with E-state index in [9.17, 15) is 19.2 Å². The van der Waals surface area contributed by atoms with Crippen LogP contribution in [0.15, 0.2) is 48.8 Å². The average molecular weight is 431 g/mol. The van der Waals surface area contributed by atoms with Gasteiger partial charge in [-0.05, 0) is 35.4 Å². The van der Waals surface area contributed by atoms with Crippen molar-refractivity contribution in [3.8, 4) is 6.07 Å². The Morgan fingerprint density at radius 3 is 2.84 bits per heavy atom. The lowest BCUT2D eigenvalue weighted by Gasteiger charge is -2.30. The number of hydrogen-bond acceptors (Lipinski definition) is 4. The van der Waals surface area contributed by atoms with Gasteiger partial charge in [0.15, 0.2) is 0 Å². The smallest absolute Gasteiger partial charge is 0.271 e. The van der Waals surface area contributed by atoms with Crippen molar-refractivity contribution in [3.63, 3.8) is 0 Å². The molecule has 2 aliphatic rings. The van der Waals surface area contributed by atoms with Gasteiger partial charge in [0.05, 0.1) is 11.6 Å². The summed E-state index contributed by atoms with van der Waals surface area (Å²) in [5.41, 5.74) is 1.02. The molecule has 1 saturated carbocycles. The molecule has 3 heterocycles. The molecule has 32 heavy (non-hydrogen) atoms. The standard InChI is InChI=1S/C24H22FN5O2/c1-24(2)15-12-30(23(32)17-9-13-5-3-7-16(25)20(13)28-17)21(19(15)24)22(31)29-18(10-26)14-6-4-8-27-11-14/h3-9,11,15,18-19,21,28H,12H2,1-2H3,(H,29,31)/t15-,18+,19-,21-/m0/s1. The van der Waals surface area contributed by atoms with Gasteiger partial charge < -0.3 is 15.2 Å². The van der Waals surface area contributed by atoms with E-state index in [-0.39, 0.29) is 40.3 Å². The van der Waals surface area contributed by atoms with E-state index in [2.05, 4.69) is 35.2 Å². The van der Waals surface area contributed by atoms with Gasteiger partial charge in [0, 0.05) is 29.9 Å². The maximum Gasteiger partial charge on any atom is 0.271 e. The van der Waals surface area contributed by atoms with Crippen LogP contribution in [0.3, 0.4) is 0 Å². The first kappa shape index (κ1) is 20.2. The zero-order valence-electron chi connectivity index (χ0n) is 17.7. The topological polar surface area (TPSA) is 102 Å². The van der Waals surface area contributed by atoms with Crippen molar-refractivity contribution in [3.05, 3.63) is 65.9 Å². The number of hydrogen-bond donors (Lipinski definition) is 2. The van der Waals surface area contributed by atoms with Crippen LogP contribution in [0.5, 0.6) is 0 Å². The highest BCUT2D eigenvalue weighted by atomic mass is 19.1. The van der Waals surface area contributed by atoms with E-state index in [1.54, 1.807) is 41.4 Å². The third kappa shape index (κ3) is 3.04. The number of piperidine rings is 1. The molecule has 1 aromatic carbocycles. The van der Waals surface area contributed by atoms with Crippen LogP contribution in [-0.4, -0.2) is 39.3 Å². The zero-order valence-corrected chi connectivity index (χ0v) is 17.7. The summed E-state index contributed by atoms with van der Waals surface area (Å²) in [6, 6.07) is 10.2. The van der Waals surface area contributed by atoms with Gasteiger partial charge in [-0.25, -0.2) is 4.39 Å². The van der Waals surface area contributed by atoms with Crippen LogP contribution in [0.2, 0.25) is 0 Å². The molecular formula is C24H22FN5O2. The molecule has 8 heteroatoms. The highest BCUT2D eigenvalue weighted by Crippen LogP contribution is 2.65. The van der Waals surface area contributed by atoms with Gasteiger partial charge in [0.1, 0.15) is 23.6 Å². The number of H-pyrrole nitrogens is 1. The van der Waals surface area contributed by atoms with E-state index < -0.39 is 17.9 Å². The van der Waals surface area contributed by atoms with E-state index in [0.29, 0.717) is 17.5 Å².